The minimum Gasteiger partial charge on any atom is -0.509 e. The van der Waals surface area contributed by atoms with Crippen LogP contribution in [0.2, 0.25) is 0 Å². The fourth-order valence-corrected chi connectivity index (χ4v) is 3.84. The van der Waals surface area contributed by atoms with E-state index in [2.05, 4.69) is 10.6 Å². The van der Waals surface area contributed by atoms with Gasteiger partial charge in [0.05, 0.1) is 6.04 Å². The molecule has 3 N–H and O–H groups in total. The van der Waals surface area contributed by atoms with Gasteiger partial charge in [-0.1, -0.05) is 85.8 Å². The van der Waals surface area contributed by atoms with Crippen molar-refractivity contribution in [1.82, 2.24) is 5.32 Å². The summed E-state index contributed by atoms with van der Waals surface area (Å²) in [4.78, 5) is 13.7. The minimum absolute atomic E-state index is 0.0252. The summed E-state index contributed by atoms with van der Waals surface area (Å²) in [5.41, 5.74) is 1.98. The highest BCUT2D eigenvalue weighted by Crippen LogP contribution is 2.40. The first-order chi connectivity index (χ1) is 14.1. The normalized spacial score (nSPS) is 18.7. The van der Waals surface area contributed by atoms with Gasteiger partial charge in [-0.05, 0) is 29.7 Å². The van der Waals surface area contributed by atoms with Gasteiger partial charge < -0.3 is 15.7 Å². The van der Waals surface area contributed by atoms with E-state index in [1.165, 1.54) is 0 Å². The third-order valence-electron chi connectivity index (χ3n) is 5.42. The van der Waals surface area contributed by atoms with Crippen LogP contribution in [0.5, 0.6) is 0 Å². The van der Waals surface area contributed by atoms with Gasteiger partial charge in [0.1, 0.15) is 5.76 Å². The van der Waals surface area contributed by atoms with Crippen LogP contribution >= 0.6 is 0 Å². The third kappa shape index (κ3) is 3.38. The highest BCUT2D eigenvalue weighted by Gasteiger charge is 2.47. The summed E-state index contributed by atoms with van der Waals surface area (Å²) >= 11 is 0. The maximum atomic E-state index is 13.7. The molecule has 3 aromatic carbocycles. The van der Waals surface area contributed by atoms with Gasteiger partial charge in [0.2, 0.25) is 0 Å². The van der Waals surface area contributed by atoms with Gasteiger partial charge >= 0.3 is 0 Å². The molecule has 4 rings (SSSR count). The van der Waals surface area contributed by atoms with Gasteiger partial charge in [0.25, 0.3) is 5.91 Å². The average Bonchev–Trinajstić information content (AvgIpc) is 2.78. The number of anilines is 1. The van der Waals surface area contributed by atoms with Crippen molar-refractivity contribution >= 4 is 17.7 Å². The van der Waals surface area contributed by atoms with Crippen molar-refractivity contribution in [3.8, 4) is 0 Å². The highest BCUT2D eigenvalue weighted by molar-refractivity contribution is 5.97. The van der Waals surface area contributed by atoms with Crippen LogP contribution < -0.4 is 10.6 Å². The number of fused-ring (bicyclic) bond motifs is 1. The molecular weight excluding hydrogens is 360 g/mol. The van der Waals surface area contributed by atoms with E-state index in [4.69, 9.17) is 0 Å². The summed E-state index contributed by atoms with van der Waals surface area (Å²) in [6, 6.07) is 26.7. The number of aliphatic hydroxyl groups excluding tert-OH is 1. The second-order valence-corrected chi connectivity index (χ2v) is 7.20. The molecule has 0 saturated heterocycles. The van der Waals surface area contributed by atoms with E-state index in [-0.39, 0.29) is 17.7 Å². The molecule has 1 aliphatic heterocycles. The Balaban J connectivity index is 1.77. The van der Waals surface area contributed by atoms with Crippen LogP contribution in [0, 0.1) is 0 Å². The topological polar surface area (TPSA) is 61.4 Å². The lowest BCUT2D eigenvalue weighted by Crippen LogP contribution is -2.53. The first-order valence-electron chi connectivity index (χ1n) is 9.85. The Morgan fingerprint density at radius 3 is 2.28 bits per heavy atom. The smallest absolute Gasteiger partial charge is 0.258 e. The van der Waals surface area contributed by atoms with Gasteiger partial charge in [-0.3, -0.25) is 4.79 Å². The standard InChI is InChI=1S/C25H24N2O2/c1-2-21(18-11-5-3-6-12-18)26-24(29)25(20-14-7-4-8-15-20)23(28)17-19-13-9-10-16-22(19)27-25/h3-17,21,27-28H,2H2,1H3,(H,26,29)/t21?,25-/m0/s1. The maximum Gasteiger partial charge on any atom is 0.258 e. The van der Waals surface area contributed by atoms with E-state index in [0.29, 0.717) is 5.56 Å². The van der Waals surface area contributed by atoms with Crippen molar-refractivity contribution in [2.45, 2.75) is 24.9 Å². The Labute approximate surface area is 170 Å². The van der Waals surface area contributed by atoms with Crippen LogP contribution in [-0.2, 0) is 10.3 Å². The van der Waals surface area contributed by atoms with Crippen LogP contribution in [0.25, 0.3) is 6.08 Å². The molecule has 1 heterocycles. The minimum atomic E-state index is -1.39. The summed E-state index contributed by atoms with van der Waals surface area (Å²) < 4.78 is 0. The Hall–Kier alpha value is -3.53. The van der Waals surface area contributed by atoms with E-state index in [1.807, 2.05) is 91.9 Å². The highest BCUT2D eigenvalue weighted by atomic mass is 16.3. The molecule has 146 valence electrons. The molecule has 0 radical (unpaired) electrons. The van der Waals surface area contributed by atoms with Crippen LogP contribution in [0.1, 0.15) is 36.1 Å². The molecule has 0 bridgehead atoms. The molecule has 0 spiro atoms. The first-order valence-corrected chi connectivity index (χ1v) is 9.85. The number of benzene rings is 3. The molecule has 29 heavy (non-hydrogen) atoms. The van der Waals surface area contributed by atoms with Crippen molar-refractivity contribution in [2.24, 2.45) is 0 Å². The number of aliphatic hydroxyl groups is 1. The maximum absolute atomic E-state index is 13.7. The quantitative estimate of drug-likeness (QED) is 0.568. The molecule has 0 aromatic heterocycles. The van der Waals surface area contributed by atoms with Gasteiger partial charge in [-0.15, -0.1) is 0 Å². The number of carbonyl (C=O) groups excluding carboxylic acids is 1. The van der Waals surface area contributed by atoms with Gasteiger partial charge in [-0.25, -0.2) is 0 Å². The number of rotatable bonds is 5. The predicted molar refractivity (Wildman–Crippen MR) is 116 cm³/mol. The number of hydrogen-bond acceptors (Lipinski definition) is 3. The van der Waals surface area contributed by atoms with E-state index < -0.39 is 5.54 Å². The van der Waals surface area contributed by atoms with Gasteiger partial charge in [0.15, 0.2) is 5.54 Å². The van der Waals surface area contributed by atoms with Crippen LogP contribution in [-0.4, -0.2) is 11.0 Å². The summed E-state index contributed by atoms with van der Waals surface area (Å²) in [6.45, 7) is 2.03. The van der Waals surface area contributed by atoms with Crippen molar-refractivity contribution < 1.29 is 9.90 Å². The molecular formula is C25H24N2O2. The lowest BCUT2D eigenvalue weighted by molar-refractivity contribution is -0.126. The largest absolute Gasteiger partial charge is 0.509 e. The molecule has 3 aromatic rings. The number of amides is 1. The SMILES string of the molecule is CCC(NC(=O)[C@@]1(c2ccccc2)Nc2ccccc2C=C1O)c1ccccc1. The summed E-state index contributed by atoms with van der Waals surface area (Å²) in [7, 11) is 0. The Morgan fingerprint density at radius 1 is 0.966 bits per heavy atom. The molecule has 0 saturated carbocycles. The van der Waals surface area contributed by atoms with Crippen LogP contribution in [0.3, 0.4) is 0 Å². The zero-order valence-electron chi connectivity index (χ0n) is 16.3. The van der Waals surface area contributed by atoms with E-state index in [9.17, 15) is 9.90 Å². The number of carbonyl (C=O) groups is 1. The van der Waals surface area contributed by atoms with E-state index in [1.54, 1.807) is 6.08 Å². The Bertz CT molecular complexity index is 1030. The first kappa shape index (κ1) is 18.8. The molecule has 4 heteroatoms. The van der Waals surface area contributed by atoms with E-state index >= 15 is 0 Å². The van der Waals surface area contributed by atoms with Crippen molar-refractivity contribution in [1.29, 1.82) is 0 Å². The average molecular weight is 384 g/mol. The zero-order chi connectivity index (χ0) is 20.3. The monoisotopic (exact) mass is 384 g/mol. The Morgan fingerprint density at radius 2 is 1.59 bits per heavy atom. The van der Waals surface area contributed by atoms with Crippen molar-refractivity contribution in [3.63, 3.8) is 0 Å². The van der Waals surface area contributed by atoms with Crippen LogP contribution in [0.4, 0.5) is 5.69 Å². The molecule has 0 fully saturated rings. The molecule has 1 aliphatic rings. The number of hydrogen-bond donors (Lipinski definition) is 3. The lowest BCUT2D eigenvalue weighted by atomic mass is 9.82. The molecule has 2 atom stereocenters. The second kappa shape index (κ2) is 7.84. The van der Waals surface area contributed by atoms with Gasteiger partial charge in [0, 0.05) is 11.3 Å². The number of para-hydroxylation sites is 1. The molecule has 1 unspecified atom stereocenters. The Kier molecular flexibility index (Phi) is 5.09. The van der Waals surface area contributed by atoms with Crippen molar-refractivity contribution in [2.75, 3.05) is 5.32 Å². The summed E-state index contributed by atoms with van der Waals surface area (Å²) in [5.74, 6) is -0.314. The fraction of sp³-hybridized carbons (Fsp3) is 0.160. The van der Waals surface area contributed by atoms with Gasteiger partial charge in [-0.2, -0.15) is 0 Å². The predicted octanol–water partition coefficient (Wildman–Crippen LogP) is 5.17. The lowest BCUT2D eigenvalue weighted by Gasteiger charge is -2.38. The number of nitrogens with one attached hydrogen (secondary N) is 2. The second-order valence-electron chi connectivity index (χ2n) is 7.20. The molecule has 0 aliphatic carbocycles. The van der Waals surface area contributed by atoms with E-state index in [0.717, 1.165) is 23.2 Å². The summed E-state index contributed by atoms with van der Waals surface area (Å²) in [5, 5.41) is 17.6. The zero-order valence-corrected chi connectivity index (χ0v) is 16.3. The van der Waals surface area contributed by atoms with Crippen molar-refractivity contribution in [3.05, 3.63) is 107 Å². The summed E-state index contributed by atoms with van der Waals surface area (Å²) in [6.07, 6.45) is 2.41. The third-order valence-corrected chi connectivity index (χ3v) is 5.42. The van der Waals surface area contributed by atoms with Crippen LogP contribution in [0.15, 0.2) is 90.7 Å². The molecule has 1 amide bonds. The fourth-order valence-electron chi connectivity index (χ4n) is 3.84. The molecule has 4 nitrogen and oxygen atoms in total.